The smallest absolute Gasteiger partial charge is 0.277 e. The first-order chi connectivity index (χ1) is 13.6. The standard InChI is InChI=1S/C21H18Cl2N2O3/c1-2-27-19-9-7-14-5-3-4-6-16(14)17(19)12-24-25-21(26)13-28-20-10-8-15(22)11-18(20)23/h3-12H,2,13H2,1H3,(H,25,26)/b24-12-. The van der Waals surface area contributed by atoms with Gasteiger partial charge in [0.2, 0.25) is 0 Å². The van der Waals surface area contributed by atoms with Gasteiger partial charge in [-0.1, -0.05) is 53.5 Å². The van der Waals surface area contributed by atoms with Crippen molar-refractivity contribution in [2.75, 3.05) is 13.2 Å². The van der Waals surface area contributed by atoms with Gasteiger partial charge in [0.1, 0.15) is 11.5 Å². The molecule has 0 atom stereocenters. The van der Waals surface area contributed by atoms with E-state index >= 15 is 0 Å². The molecular weight excluding hydrogens is 399 g/mol. The van der Waals surface area contributed by atoms with Crippen LogP contribution in [-0.2, 0) is 4.79 Å². The minimum atomic E-state index is -0.416. The fourth-order valence-corrected chi connectivity index (χ4v) is 3.09. The Labute approximate surface area is 172 Å². The van der Waals surface area contributed by atoms with E-state index in [9.17, 15) is 4.79 Å². The first-order valence-corrected chi connectivity index (χ1v) is 9.38. The summed E-state index contributed by atoms with van der Waals surface area (Å²) in [5, 5.41) is 6.91. The molecule has 0 aliphatic rings. The lowest BCUT2D eigenvalue weighted by Gasteiger charge is -2.10. The average Bonchev–Trinajstić information content (AvgIpc) is 2.69. The number of hydrazone groups is 1. The molecule has 28 heavy (non-hydrogen) atoms. The molecule has 0 fully saturated rings. The maximum absolute atomic E-state index is 12.0. The predicted molar refractivity (Wildman–Crippen MR) is 113 cm³/mol. The van der Waals surface area contributed by atoms with Crippen molar-refractivity contribution >= 4 is 46.1 Å². The monoisotopic (exact) mass is 416 g/mol. The maximum Gasteiger partial charge on any atom is 0.277 e. The summed E-state index contributed by atoms with van der Waals surface area (Å²) in [4.78, 5) is 12.0. The van der Waals surface area contributed by atoms with Crippen LogP contribution in [0.5, 0.6) is 11.5 Å². The summed E-state index contributed by atoms with van der Waals surface area (Å²) in [6.07, 6.45) is 1.57. The van der Waals surface area contributed by atoms with Crippen LogP contribution in [0.4, 0.5) is 0 Å². The Morgan fingerprint density at radius 2 is 1.86 bits per heavy atom. The van der Waals surface area contributed by atoms with Crippen LogP contribution in [-0.4, -0.2) is 25.3 Å². The summed E-state index contributed by atoms with van der Waals surface area (Å²) in [6.45, 7) is 2.21. The molecule has 0 spiro atoms. The number of carbonyl (C=O) groups excluding carboxylic acids is 1. The molecule has 7 heteroatoms. The zero-order valence-corrected chi connectivity index (χ0v) is 16.6. The molecule has 0 aliphatic carbocycles. The van der Waals surface area contributed by atoms with Gasteiger partial charge in [-0.2, -0.15) is 5.10 Å². The van der Waals surface area contributed by atoms with Crippen molar-refractivity contribution in [1.29, 1.82) is 0 Å². The average molecular weight is 417 g/mol. The van der Waals surface area contributed by atoms with Gasteiger partial charge in [-0.3, -0.25) is 4.79 Å². The van der Waals surface area contributed by atoms with Gasteiger partial charge in [0, 0.05) is 10.6 Å². The van der Waals surface area contributed by atoms with Crippen molar-refractivity contribution in [3.05, 3.63) is 70.2 Å². The quantitative estimate of drug-likeness (QED) is 0.431. The van der Waals surface area contributed by atoms with Crippen LogP contribution in [0.25, 0.3) is 10.8 Å². The second-order valence-corrected chi connectivity index (χ2v) is 6.63. The molecule has 144 valence electrons. The van der Waals surface area contributed by atoms with Crippen molar-refractivity contribution in [2.45, 2.75) is 6.92 Å². The van der Waals surface area contributed by atoms with Gasteiger partial charge < -0.3 is 9.47 Å². The summed E-state index contributed by atoms with van der Waals surface area (Å²) in [6, 6.07) is 16.5. The van der Waals surface area contributed by atoms with E-state index in [0.29, 0.717) is 28.2 Å². The number of hydrogen-bond acceptors (Lipinski definition) is 4. The summed E-state index contributed by atoms with van der Waals surface area (Å²) >= 11 is 11.8. The molecule has 0 heterocycles. The third kappa shape index (κ3) is 4.94. The number of amides is 1. The van der Waals surface area contributed by atoms with Crippen LogP contribution < -0.4 is 14.9 Å². The molecule has 0 saturated heterocycles. The molecule has 3 aromatic rings. The molecule has 0 aliphatic heterocycles. The predicted octanol–water partition coefficient (Wildman–Crippen LogP) is 5.07. The molecule has 5 nitrogen and oxygen atoms in total. The van der Waals surface area contributed by atoms with Gasteiger partial charge in [0.05, 0.1) is 17.8 Å². The summed E-state index contributed by atoms with van der Waals surface area (Å²) in [5.41, 5.74) is 3.24. The molecule has 0 aromatic heterocycles. The molecular formula is C21H18Cl2N2O3. The van der Waals surface area contributed by atoms with Crippen LogP contribution in [0.3, 0.4) is 0 Å². The fraction of sp³-hybridized carbons (Fsp3) is 0.143. The van der Waals surface area contributed by atoms with E-state index in [1.165, 1.54) is 0 Å². The van der Waals surface area contributed by atoms with Crippen molar-refractivity contribution in [3.63, 3.8) is 0 Å². The highest BCUT2D eigenvalue weighted by atomic mass is 35.5. The van der Waals surface area contributed by atoms with E-state index in [-0.39, 0.29) is 6.61 Å². The fourth-order valence-electron chi connectivity index (χ4n) is 2.63. The number of benzene rings is 3. The van der Waals surface area contributed by atoms with Crippen molar-refractivity contribution in [3.8, 4) is 11.5 Å². The van der Waals surface area contributed by atoms with Gasteiger partial charge in [0.15, 0.2) is 6.61 Å². The summed E-state index contributed by atoms with van der Waals surface area (Å²) in [5.74, 6) is 0.654. The Kier molecular flexibility index (Phi) is 6.74. The molecule has 0 saturated carbocycles. The maximum atomic E-state index is 12.0. The number of ether oxygens (including phenoxy) is 2. The first-order valence-electron chi connectivity index (χ1n) is 8.62. The highest BCUT2D eigenvalue weighted by Crippen LogP contribution is 2.28. The lowest BCUT2D eigenvalue weighted by Crippen LogP contribution is -2.24. The minimum absolute atomic E-state index is 0.230. The summed E-state index contributed by atoms with van der Waals surface area (Å²) in [7, 11) is 0. The highest BCUT2D eigenvalue weighted by Gasteiger charge is 2.08. The van der Waals surface area contributed by atoms with E-state index in [4.69, 9.17) is 32.7 Å². The second-order valence-electron chi connectivity index (χ2n) is 5.79. The van der Waals surface area contributed by atoms with Crippen LogP contribution in [0.15, 0.2) is 59.7 Å². The Morgan fingerprint density at radius 1 is 1.07 bits per heavy atom. The van der Waals surface area contributed by atoms with Crippen molar-refractivity contribution in [1.82, 2.24) is 5.43 Å². The van der Waals surface area contributed by atoms with E-state index in [0.717, 1.165) is 16.3 Å². The number of nitrogens with zero attached hydrogens (tertiary/aromatic N) is 1. The largest absolute Gasteiger partial charge is 0.493 e. The van der Waals surface area contributed by atoms with Gasteiger partial charge in [0.25, 0.3) is 5.91 Å². The number of hydrogen-bond donors (Lipinski definition) is 1. The zero-order valence-electron chi connectivity index (χ0n) is 15.1. The molecule has 1 N–H and O–H groups in total. The molecule has 1 amide bonds. The molecule has 0 unspecified atom stereocenters. The van der Waals surface area contributed by atoms with Gasteiger partial charge in [-0.05, 0) is 42.0 Å². The van der Waals surface area contributed by atoms with Gasteiger partial charge in [-0.25, -0.2) is 5.43 Å². The topological polar surface area (TPSA) is 59.9 Å². The molecule has 3 rings (SSSR count). The lowest BCUT2D eigenvalue weighted by atomic mass is 10.0. The van der Waals surface area contributed by atoms with E-state index in [1.54, 1.807) is 24.4 Å². The number of halogens is 2. The molecule has 0 bridgehead atoms. The zero-order chi connectivity index (χ0) is 19.9. The second kappa shape index (κ2) is 9.44. The Hall–Kier alpha value is -2.76. The van der Waals surface area contributed by atoms with E-state index < -0.39 is 5.91 Å². The minimum Gasteiger partial charge on any atom is -0.493 e. The highest BCUT2D eigenvalue weighted by molar-refractivity contribution is 6.35. The normalized spacial score (nSPS) is 11.0. The third-order valence-corrected chi connectivity index (χ3v) is 4.40. The summed E-state index contributed by atoms with van der Waals surface area (Å²) < 4.78 is 11.1. The van der Waals surface area contributed by atoms with Crippen molar-refractivity contribution < 1.29 is 14.3 Å². The van der Waals surface area contributed by atoms with Gasteiger partial charge in [-0.15, -0.1) is 0 Å². The van der Waals surface area contributed by atoms with Crippen LogP contribution in [0.2, 0.25) is 10.0 Å². The number of nitrogens with one attached hydrogen (secondary N) is 1. The third-order valence-electron chi connectivity index (χ3n) is 3.87. The molecule has 0 radical (unpaired) electrons. The van der Waals surface area contributed by atoms with E-state index in [2.05, 4.69) is 10.5 Å². The number of fused-ring (bicyclic) bond motifs is 1. The van der Waals surface area contributed by atoms with Crippen LogP contribution >= 0.6 is 23.2 Å². The van der Waals surface area contributed by atoms with Crippen LogP contribution in [0.1, 0.15) is 12.5 Å². The van der Waals surface area contributed by atoms with E-state index in [1.807, 2.05) is 43.3 Å². The number of rotatable bonds is 7. The first kappa shape index (κ1) is 20.0. The Balaban J connectivity index is 1.68. The Morgan fingerprint density at radius 3 is 2.64 bits per heavy atom. The SMILES string of the molecule is CCOc1ccc2ccccc2c1/C=N\NC(=O)COc1ccc(Cl)cc1Cl. The van der Waals surface area contributed by atoms with Gasteiger partial charge >= 0.3 is 0 Å². The number of carbonyl (C=O) groups is 1. The van der Waals surface area contributed by atoms with Crippen molar-refractivity contribution in [2.24, 2.45) is 5.10 Å². The van der Waals surface area contributed by atoms with Crippen LogP contribution in [0, 0.1) is 0 Å². The lowest BCUT2D eigenvalue weighted by molar-refractivity contribution is -0.123. The Bertz CT molecular complexity index is 1020. The molecule has 3 aromatic carbocycles.